The standard InChI is InChI=1S/C23H28Cl3N3O4S/c1-5-15(2)27-23(31)16(3)28(13-17-6-8-18(24)9-7-17)22(30)14-29(34(4,32)33)21-12-19(25)10-11-20(21)26/h6-12,15-16H,5,13-14H2,1-4H3,(H,27,31). The molecule has 186 valence electrons. The van der Waals surface area contributed by atoms with Gasteiger partial charge in [-0.15, -0.1) is 0 Å². The van der Waals surface area contributed by atoms with Crippen molar-refractivity contribution in [1.29, 1.82) is 0 Å². The van der Waals surface area contributed by atoms with E-state index in [0.717, 1.165) is 22.5 Å². The molecule has 0 aliphatic carbocycles. The van der Waals surface area contributed by atoms with E-state index in [-0.39, 0.29) is 34.2 Å². The molecule has 1 N–H and O–H groups in total. The van der Waals surface area contributed by atoms with Gasteiger partial charge in [-0.2, -0.15) is 0 Å². The first-order chi connectivity index (χ1) is 15.8. The maximum Gasteiger partial charge on any atom is 0.244 e. The Balaban J connectivity index is 2.42. The number of amides is 2. The fourth-order valence-corrected chi connectivity index (χ4v) is 4.52. The number of hydrogen-bond acceptors (Lipinski definition) is 4. The van der Waals surface area contributed by atoms with Gasteiger partial charge < -0.3 is 10.2 Å². The highest BCUT2D eigenvalue weighted by Gasteiger charge is 2.31. The van der Waals surface area contributed by atoms with Gasteiger partial charge in [-0.25, -0.2) is 8.42 Å². The van der Waals surface area contributed by atoms with Gasteiger partial charge in [0.1, 0.15) is 12.6 Å². The number of anilines is 1. The van der Waals surface area contributed by atoms with E-state index in [0.29, 0.717) is 5.02 Å². The van der Waals surface area contributed by atoms with E-state index in [1.807, 2.05) is 13.8 Å². The van der Waals surface area contributed by atoms with Crippen LogP contribution >= 0.6 is 34.8 Å². The zero-order chi connectivity index (χ0) is 25.6. The molecule has 0 aliphatic rings. The Bertz CT molecular complexity index is 1130. The summed E-state index contributed by atoms with van der Waals surface area (Å²) in [7, 11) is -3.91. The van der Waals surface area contributed by atoms with Gasteiger partial charge in [0.05, 0.1) is 17.0 Å². The molecule has 34 heavy (non-hydrogen) atoms. The number of nitrogens with zero attached hydrogens (tertiary/aromatic N) is 2. The highest BCUT2D eigenvalue weighted by Crippen LogP contribution is 2.31. The molecule has 2 unspecified atom stereocenters. The Hall–Kier alpha value is -2.00. The van der Waals surface area contributed by atoms with Crippen LogP contribution in [-0.4, -0.2) is 50.0 Å². The summed E-state index contributed by atoms with van der Waals surface area (Å²) in [6.45, 7) is 4.91. The van der Waals surface area contributed by atoms with Crippen molar-refractivity contribution in [2.24, 2.45) is 0 Å². The fourth-order valence-electron chi connectivity index (χ4n) is 3.11. The molecule has 0 heterocycles. The lowest BCUT2D eigenvalue weighted by molar-refractivity contribution is -0.139. The Morgan fingerprint density at radius 2 is 1.59 bits per heavy atom. The van der Waals surface area contributed by atoms with Crippen LogP contribution in [0.3, 0.4) is 0 Å². The average Bonchev–Trinajstić information content (AvgIpc) is 2.77. The first-order valence-electron chi connectivity index (χ1n) is 10.6. The molecule has 0 saturated carbocycles. The molecular weight excluding hydrogens is 521 g/mol. The average molecular weight is 549 g/mol. The second-order valence-corrected chi connectivity index (χ2v) is 11.2. The third kappa shape index (κ3) is 7.77. The SMILES string of the molecule is CCC(C)NC(=O)C(C)N(Cc1ccc(Cl)cc1)C(=O)CN(c1cc(Cl)ccc1Cl)S(C)(=O)=O. The van der Waals surface area contributed by atoms with Crippen molar-refractivity contribution in [3.8, 4) is 0 Å². The molecule has 0 aliphatic heterocycles. The number of halogens is 3. The first-order valence-corrected chi connectivity index (χ1v) is 13.6. The molecule has 0 bridgehead atoms. The number of carbonyl (C=O) groups excluding carboxylic acids is 2. The summed E-state index contributed by atoms with van der Waals surface area (Å²) in [5.41, 5.74) is 0.806. The summed E-state index contributed by atoms with van der Waals surface area (Å²) in [4.78, 5) is 27.7. The highest BCUT2D eigenvalue weighted by atomic mass is 35.5. The van der Waals surface area contributed by atoms with Crippen molar-refractivity contribution >= 4 is 62.3 Å². The van der Waals surface area contributed by atoms with Crippen LogP contribution in [0.15, 0.2) is 42.5 Å². The monoisotopic (exact) mass is 547 g/mol. The number of sulfonamides is 1. The van der Waals surface area contributed by atoms with E-state index >= 15 is 0 Å². The predicted molar refractivity (Wildman–Crippen MR) is 138 cm³/mol. The summed E-state index contributed by atoms with van der Waals surface area (Å²) in [5.74, 6) is -0.924. The van der Waals surface area contributed by atoms with Gasteiger partial charge in [0, 0.05) is 22.6 Å². The number of hydrogen-bond donors (Lipinski definition) is 1. The summed E-state index contributed by atoms with van der Waals surface area (Å²) in [5, 5.41) is 3.78. The van der Waals surface area contributed by atoms with Crippen LogP contribution < -0.4 is 9.62 Å². The second kappa shape index (κ2) is 12.1. The van der Waals surface area contributed by atoms with E-state index < -0.39 is 28.5 Å². The van der Waals surface area contributed by atoms with Gasteiger partial charge in [0.15, 0.2) is 0 Å². The quantitative estimate of drug-likeness (QED) is 0.464. The van der Waals surface area contributed by atoms with E-state index in [4.69, 9.17) is 34.8 Å². The number of carbonyl (C=O) groups is 2. The summed E-state index contributed by atoms with van der Waals surface area (Å²) >= 11 is 18.2. The van der Waals surface area contributed by atoms with Crippen LogP contribution in [0.5, 0.6) is 0 Å². The Morgan fingerprint density at radius 3 is 2.15 bits per heavy atom. The van der Waals surface area contributed by atoms with Crippen molar-refractivity contribution in [2.75, 3.05) is 17.1 Å². The van der Waals surface area contributed by atoms with Gasteiger partial charge in [-0.3, -0.25) is 13.9 Å². The highest BCUT2D eigenvalue weighted by molar-refractivity contribution is 7.92. The molecule has 7 nitrogen and oxygen atoms in total. The normalized spacial score (nSPS) is 13.1. The minimum Gasteiger partial charge on any atom is -0.352 e. The largest absolute Gasteiger partial charge is 0.352 e. The van der Waals surface area contributed by atoms with E-state index in [1.165, 1.54) is 23.1 Å². The first kappa shape index (κ1) is 28.2. The summed E-state index contributed by atoms with van der Waals surface area (Å²) in [6.07, 6.45) is 1.69. The predicted octanol–water partition coefficient (Wildman–Crippen LogP) is 4.74. The third-order valence-electron chi connectivity index (χ3n) is 5.29. The minimum absolute atomic E-state index is 0.0754. The molecule has 0 radical (unpaired) electrons. The van der Waals surface area contributed by atoms with Gasteiger partial charge in [0.25, 0.3) is 0 Å². The van der Waals surface area contributed by atoms with Crippen LogP contribution in [0.4, 0.5) is 5.69 Å². The van der Waals surface area contributed by atoms with Crippen LogP contribution in [-0.2, 0) is 26.2 Å². The van der Waals surface area contributed by atoms with Crippen molar-refractivity contribution in [3.63, 3.8) is 0 Å². The molecule has 2 aromatic rings. The molecule has 0 spiro atoms. The Morgan fingerprint density at radius 1 is 1.00 bits per heavy atom. The number of benzene rings is 2. The molecule has 0 fully saturated rings. The Labute approximate surface area is 216 Å². The third-order valence-corrected chi connectivity index (χ3v) is 7.22. The topological polar surface area (TPSA) is 86.8 Å². The zero-order valence-electron chi connectivity index (χ0n) is 19.4. The molecule has 11 heteroatoms. The van der Waals surface area contributed by atoms with Crippen LogP contribution in [0.2, 0.25) is 15.1 Å². The molecule has 0 aromatic heterocycles. The maximum atomic E-state index is 13.5. The summed E-state index contributed by atoms with van der Waals surface area (Å²) < 4.78 is 26.1. The fraction of sp³-hybridized carbons (Fsp3) is 0.391. The number of nitrogens with one attached hydrogen (secondary N) is 1. The van der Waals surface area contributed by atoms with Crippen molar-refractivity contribution in [3.05, 3.63) is 63.1 Å². The van der Waals surface area contributed by atoms with Gasteiger partial charge in [-0.1, -0.05) is 53.9 Å². The van der Waals surface area contributed by atoms with Crippen molar-refractivity contribution in [2.45, 2.75) is 45.8 Å². The van der Waals surface area contributed by atoms with Gasteiger partial charge in [-0.05, 0) is 56.2 Å². The smallest absolute Gasteiger partial charge is 0.244 e. The molecule has 2 aromatic carbocycles. The second-order valence-electron chi connectivity index (χ2n) is 8.01. The lowest BCUT2D eigenvalue weighted by atomic mass is 10.1. The molecule has 2 rings (SSSR count). The van der Waals surface area contributed by atoms with E-state index in [9.17, 15) is 18.0 Å². The lowest BCUT2D eigenvalue weighted by Crippen LogP contribution is -2.52. The van der Waals surface area contributed by atoms with E-state index in [2.05, 4.69) is 5.32 Å². The Kier molecular flexibility index (Phi) is 10.1. The lowest BCUT2D eigenvalue weighted by Gasteiger charge is -2.32. The van der Waals surface area contributed by atoms with Crippen LogP contribution in [0.1, 0.15) is 32.8 Å². The number of rotatable bonds is 10. The van der Waals surface area contributed by atoms with Gasteiger partial charge in [0.2, 0.25) is 21.8 Å². The maximum absolute atomic E-state index is 13.5. The summed E-state index contributed by atoms with van der Waals surface area (Å²) in [6, 6.07) is 10.2. The van der Waals surface area contributed by atoms with Crippen molar-refractivity contribution in [1.82, 2.24) is 10.2 Å². The van der Waals surface area contributed by atoms with Crippen LogP contribution in [0, 0.1) is 0 Å². The zero-order valence-corrected chi connectivity index (χ0v) is 22.5. The molecule has 2 atom stereocenters. The van der Waals surface area contributed by atoms with Crippen LogP contribution in [0.25, 0.3) is 0 Å². The van der Waals surface area contributed by atoms with Gasteiger partial charge >= 0.3 is 0 Å². The minimum atomic E-state index is -3.91. The molecular formula is C23H28Cl3N3O4S. The van der Waals surface area contributed by atoms with E-state index in [1.54, 1.807) is 31.2 Å². The molecule has 2 amide bonds. The van der Waals surface area contributed by atoms with Crippen molar-refractivity contribution < 1.29 is 18.0 Å². The molecule has 0 saturated heterocycles.